The van der Waals surface area contributed by atoms with Crippen molar-refractivity contribution in [3.63, 3.8) is 0 Å². The lowest BCUT2D eigenvalue weighted by molar-refractivity contribution is -0.119. The summed E-state index contributed by atoms with van der Waals surface area (Å²) in [5, 5.41) is 12.5. The number of carbonyl (C=O) groups excluding carboxylic acids is 1. The summed E-state index contributed by atoms with van der Waals surface area (Å²) in [5.41, 5.74) is 4.34. The van der Waals surface area contributed by atoms with Crippen LogP contribution in [-0.4, -0.2) is 32.7 Å². The van der Waals surface area contributed by atoms with Gasteiger partial charge in [0.05, 0.1) is 19.2 Å². The molecule has 7 heteroatoms. The van der Waals surface area contributed by atoms with E-state index >= 15 is 0 Å². The Morgan fingerprint density at radius 2 is 1.86 bits per heavy atom. The maximum absolute atomic E-state index is 12.7. The van der Waals surface area contributed by atoms with Crippen LogP contribution in [0, 0.1) is 0 Å². The minimum atomic E-state index is 0.166. The average molecular weight is 486 g/mol. The third-order valence-corrected chi connectivity index (χ3v) is 7.35. The van der Waals surface area contributed by atoms with Crippen molar-refractivity contribution in [2.24, 2.45) is 0 Å². The molecule has 0 spiro atoms. The van der Waals surface area contributed by atoms with Gasteiger partial charge in [0, 0.05) is 18.5 Å². The SMILES string of the molecule is C=Cc1ccc(CN2C(=O)CCc3cc(OCCCCc4nnnn4C4CCCCC4)ccc32)cc1. The Hall–Kier alpha value is -3.48. The first-order valence-electron chi connectivity index (χ1n) is 13.3. The fraction of sp³-hybridized carbons (Fsp3) is 0.448. The number of carbonyl (C=O) groups is 1. The van der Waals surface area contributed by atoms with E-state index in [0.717, 1.165) is 54.1 Å². The smallest absolute Gasteiger partial charge is 0.227 e. The van der Waals surface area contributed by atoms with E-state index in [2.05, 4.69) is 45.0 Å². The number of hydrogen-bond acceptors (Lipinski definition) is 5. The van der Waals surface area contributed by atoms with E-state index in [-0.39, 0.29) is 5.91 Å². The van der Waals surface area contributed by atoms with E-state index < -0.39 is 0 Å². The van der Waals surface area contributed by atoms with Crippen LogP contribution in [0.3, 0.4) is 0 Å². The number of ether oxygens (including phenoxy) is 1. The number of unbranched alkanes of at least 4 members (excludes halogenated alkanes) is 1. The predicted octanol–water partition coefficient (Wildman–Crippen LogP) is 5.70. The zero-order chi connectivity index (χ0) is 24.7. The first kappa shape index (κ1) is 24.2. The predicted molar refractivity (Wildman–Crippen MR) is 141 cm³/mol. The highest BCUT2D eigenvalue weighted by molar-refractivity contribution is 5.96. The highest BCUT2D eigenvalue weighted by Crippen LogP contribution is 2.32. The number of fused-ring (bicyclic) bond motifs is 1. The molecular formula is C29H35N5O2. The van der Waals surface area contributed by atoms with Crippen LogP contribution in [0.4, 0.5) is 5.69 Å². The van der Waals surface area contributed by atoms with Gasteiger partial charge in [0.15, 0.2) is 5.82 Å². The topological polar surface area (TPSA) is 73.1 Å². The molecule has 5 rings (SSSR count). The number of nitrogens with zero attached hydrogens (tertiary/aromatic N) is 5. The molecule has 0 N–H and O–H groups in total. The van der Waals surface area contributed by atoms with Crippen molar-refractivity contribution in [2.45, 2.75) is 76.8 Å². The van der Waals surface area contributed by atoms with Gasteiger partial charge in [-0.05, 0) is 77.4 Å². The van der Waals surface area contributed by atoms with Crippen molar-refractivity contribution in [1.29, 1.82) is 0 Å². The monoisotopic (exact) mass is 485 g/mol. The van der Waals surface area contributed by atoms with Gasteiger partial charge in [-0.3, -0.25) is 4.79 Å². The van der Waals surface area contributed by atoms with Gasteiger partial charge < -0.3 is 9.64 Å². The number of rotatable bonds is 10. The quantitative estimate of drug-likeness (QED) is 0.344. The normalized spacial score (nSPS) is 16.1. The molecule has 2 heterocycles. The molecule has 0 atom stereocenters. The lowest BCUT2D eigenvalue weighted by Gasteiger charge is -2.30. The maximum atomic E-state index is 12.7. The van der Waals surface area contributed by atoms with Crippen LogP contribution in [-0.2, 0) is 24.2 Å². The van der Waals surface area contributed by atoms with Crippen molar-refractivity contribution < 1.29 is 9.53 Å². The number of amides is 1. The number of tetrazole rings is 1. The molecule has 7 nitrogen and oxygen atoms in total. The van der Waals surface area contributed by atoms with Crippen molar-refractivity contribution in [2.75, 3.05) is 11.5 Å². The van der Waals surface area contributed by atoms with E-state index in [1.54, 1.807) is 0 Å². The third-order valence-electron chi connectivity index (χ3n) is 7.35. The minimum Gasteiger partial charge on any atom is -0.494 e. The minimum absolute atomic E-state index is 0.166. The lowest BCUT2D eigenvalue weighted by Crippen LogP contribution is -2.34. The van der Waals surface area contributed by atoms with Gasteiger partial charge in [0.1, 0.15) is 5.75 Å². The average Bonchev–Trinajstić information content (AvgIpc) is 3.39. The fourth-order valence-electron chi connectivity index (χ4n) is 5.30. The van der Waals surface area contributed by atoms with Gasteiger partial charge >= 0.3 is 0 Å². The van der Waals surface area contributed by atoms with E-state index in [1.165, 1.54) is 37.7 Å². The van der Waals surface area contributed by atoms with E-state index in [9.17, 15) is 4.79 Å². The summed E-state index contributed by atoms with van der Waals surface area (Å²) in [4.78, 5) is 14.6. The molecule has 1 saturated carbocycles. The molecule has 1 aliphatic carbocycles. The molecule has 1 amide bonds. The molecule has 1 fully saturated rings. The molecule has 1 aromatic heterocycles. The second kappa shape index (κ2) is 11.5. The van der Waals surface area contributed by atoms with Crippen LogP contribution in [0.1, 0.15) is 79.9 Å². The fourth-order valence-corrected chi connectivity index (χ4v) is 5.30. The molecule has 0 saturated heterocycles. The standard InChI is InChI=1S/C29H35N5O2/c1-2-22-11-13-23(14-12-22)21-33-27-17-16-26(20-24(27)15-18-29(33)35)36-19-7-6-10-28-30-31-32-34(28)25-8-4-3-5-9-25/h2,11-14,16-17,20,25H,1,3-10,15,18-19,21H2. The number of aromatic nitrogens is 4. The van der Waals surface area contributed by atoms with Gasteiger partial charge in [-0.25, -0.2) is 4.68 Å². The van der Waals surface area contributed by atoms with Crippen molar-refractivity contribution in [3.05, 3.63) is 71.6 Å². The molecule has 188 valence electrons. The Labute approximate surface area is 213 Å². The zero-order valence-electron chi connectivity index (χ0n) is 20.9. The van der Waals surface area contributed by atoms with E-state index in [0.29, 0.717) is 25.6 Å². The van der Waals surface area contributed by atoms with E-state index in [4.69, 9.17) is 4.74 Å². The summed E-state index contributed by atoms with van der Waals surface area (Å²) in [5.74, 6) is 2.03. The maximum Gasteiger partial charge on any atom is 0.227 e. The van der Waals surface area contributed by atoms with Crippen LogP contribution < -0.4 is 9.64 Å². The summed E-state index contributed by atoms with van der Waals surface area (Å²) >= 11 is 0. The largest absolute Gasteiger partial charge is 0.494 e. The molecule has 2 aliphatic rings. The van der Waals surface area contributed by atoms with Crippen LogP contribution >= 0.6 is 0 Å². The number of benzene rings is 2. The summed E-state index contributed by atoms with van der Waals surface area (Å²) in [6.07, 6.45) is 12.2. The number of aryl methyl sites for hydroxylation is 2. The Balaban J connectivity index is 1.13. The summed E-state index contributed by atoms with van der Waals surface area (Å²) < 4.78 is 8.13. The van der Waals surface area contributed by atoms with Gasteiger partial charge in [0.2, 0.25) is 5.91 Å². The van der Waals surface area contributed by atoms with Crippen molar-refractivity contribution in [1.82, 2.24) is 20.2 Å². The highest BCUT2D eigenvalue weighted by Gasteiger charge is 2.25. The lowest BCUT2D eigenvalue weighted by atomic mass is 9.95. The second-order valence-corrected chi connectivity index (χ2v) is 9.85. The Kier molecular flexibility index (Phi) is 7.74. The Morgan fingerprint density at radius 3 is 2.67 bits per heavy atom. The van der Waals surface area contributed by atoms with Crippen LogP contribution in [0.25, 0.3) is 6.08 Å². The van der Waals surface area contributed by atoms with Gasteiger partial charge in [-0.15, -0.1) is 5.10 Å². The molecule has 36 heavy (non-hydrogen) atoms. The third kappa shape index (κ3) is 5.66. The first-order valence-corrected chi connectivity index (χ1v) is 13.3. The second-order valence-electron chi connectivity index (χ2n) is 9.85. The summed E-state index contributed by atoms with van der Waals surface area (Å²) in [6.45, 7) is 5.03. The number of anilines is 1. The Morgan fingerprint density at radius 1 is 1.03 bits per heavy atom. The zero-order valence-corrected chi connectivity index (χ0v) is 20.9. The summed E-state index contributed by atoms with van der Waals surface area (Å²) in [7, 11) is 0. The molecule has 3 aromatic rings. The molecule has 0 bridgehead atoms. The summed E-state index contributed by atoms with van der Waals surface area (Å²) in [6, 6.07) is 14.8. The highest BCUT2D eigenvalue weighted by atomic mass is 16.5. The Bertz CT molecular complexity index is 1180. The van der Waals surface area contributed by atoms with Crippen LogP contribution in [0.15, 0.2) is 49.0 Å². The van der Waals surface area contributed by atoms with E-state index in [1.807, 2.05) is 35.2 Å². The van der Waals surface area contributed by atoms with Crippen molar-refractivity contribution >= 4 is 17.7 Å². The first-order chi connectivity index (χ1) is 17.7. The van der Waals surface area contributed by atoms with Gasteiger partial charge in [-0.2, -0.15) is 0 Å². The number of hydrogen-bond donors (Lipinski definition) is 0. The molecule has 2 aromatic carbocycles. The van der Waals surface area contributed by atoms with Gasteiger partial charge in [0.25, 0.3) is 0 Å². The van der Waals surface area contributed by atoms with Gasteiger partial charge in [-0.1, -0.05) is 56.2 Å². The molecule has 0 unspecified atom stereocenters. The molecular weight excluding hydrogens is 450 g/mol. The molecule has 0 radical (unpaired) electrons. The van der Waals surface area contributed by atoms with Crippen LogP contribution in [0.5, 0.6) is 5.75 Å². The molecule has 1 aliphatic heterocycles. The van der Waals surface area contributed by atoms with Crippen LogP contribution in [0.2, 0.25) is 0 Å². The van der Waals surface area contributed by atoms with Crippen molar-refractivity contribution in [3.8, 4) is 5.75 Å².